The third kappa shape index (κ3) is 4.58. The number of hydrogen-bond acceptors (Lipinski definition) is 6. The molecular weight excluding hydrogens is 428 g/mol. The van der Waals surface area contributed by atoms with Gasteiger partial charge in [-0.25, -0.2) is 0 Å². The molecule has 34 heavy (non-hydrogen) atoms. The summed E-state index contributed by atoms with van der Waals surface area (Å²) in [7, 11) is 5.50. The van der Waals surface area contributed by atoms with Crippen LogP contribution in [0.4, 0.5) is 11.4 Å². The maximum Gasteiger partial charge on any atom is 0.266 e. The molecule has 2 aromatic carbocycles. The van der Waals surface area contributed by atoms with Crippen LogP contribution in [0.5, 0.6) is 0 Å². The molecule has 1 fully saturated rings. The van der Waals surface area contributed by atoms with Crippen molar-refractivity contribution >= 4 is 23.0 Å². The first-order valence-electron chi connectivity index (χ1n) is 11.2. The van der Waals surface area contributed by atoms with Gasteiger partial charge >= 0.3 is 0 Å². The Kier molecular flexibility index (Phi) is 6.51. The molecule has 176 valence electrons. The average Bonchev–Trinajstić information content (AvgIpc) is 2.84. The Balaban J connectivity index is 1.61. The van der Waals surface area contributed by atoms with Crippen molar-refractivity contribution in [3.05, 3.63) is 87.8 Å². The monoisotopic (exact) mass is 458 g/mol. The predicted molar refractivity (Wildman–Crippen MR) is 137 cm³/mol. The van der Waals surface area contributed by atoms with Gasteiger partial charge in [0.2, 0.25) is 0 Å². The van der Waals surface area contributed by atoms with Crippen LogP contribution in [0.1, 0.15) is 21.5 Å². The van der Waals surface area contributed by atoms with Gasteiger partial charge in [-0.2, -0.15) is 0 Å². The van der Waals surface area contributed by atoms with E-state index < -0.39 is 0 Å². The fourth-order valence-corrected chi connectivity index (χ4v) is 4.08. The molecule has 1 aromatic heterocycles. The molecular formula is C26H30N6O2. The summed E-state index contributed by atoms with van der Waals surface area (Å²) in [6.07, 6.45) is 1.59. The lowest BCUT2D eigenvalue weighted by Crippen LogP contribution is -2.44. The number of nitrogens with one attached hydrogen (secondary N) is 1. The van der Waals surface area contributed by atoms with Crippen LogP contribution in [0.25, 0.3) is 5.69 Å². The number of hydrogen-bond donors (Lipinski definition) is 2. The van der Waals surface area contributed by atoms with Crippen molar-refractivity contribution in [3.8, 4) is 5.69 Å². The summed E-state index contributed by atoms with van der Waals surface area (Å²) in [5.74, 6) is -0.112. The summed E-state index contributed by atoms with van der Waals surface area (Å²) in [4.78, 5) is 31.6. The summed E-state index contributed by atoms with van der Waals surface area (Å²) in [5.41, 5.74) is 9.14. The normalized spacial score (nSPS) is 14.1. The Labute approximate surface area is 199 Å². The molecule has 0 atom stereocenters. The molecule has 1 aliphatic rings. The van der Waals surface area contributed by atoms with Crippen molar-refractivity contribution in [2.75, 3.05) is 58.0 Å². The van der Waals surface area contributed by atoms with Crippen molar-refractivity contribution in [3.63, 3.8) is 0 Å². The second-order valence-corrected chi connectivity index (χ2v) is 8.78. The molecule has 3 aromatic rings. The molecule has 0 saturated carbocycles. The zero-order chi connectivity index (χ0) is 24.4. The summed E-state index contributed by atoms with van der Waals surface area (Å²) < 4.78 is 1.45. The van der Waals surface area contributed by atoms with Gasteiger partial charge in [0.25, 0.3) is 11.5 Å². The third-order valence-corrected chi connectivity index (χ3v) is 6.20. The van der Waals surface area contributed by atoms with E-state index in [4.69, 9.17) is 11.1 Å². The molecule has 8 nitrogen and oxygen atoms in total. The summed E-state index contributed by atoms with van der Waals surface area (Å²) in [6.45, 7) is 3.95. The molecule has 0 unspecified atom stereocenters. The molecule has 0 spiro atoms. The highest BCUT2D eigenvalue weighted by atomic mass is 16.2. The minimum absolute atomic E-state index is 0.0844. The fraction of sp³-hybridized carbons (Fsp3) is 0.269. The van der Waals surface area contributed by atoms with E-state index in [1.807, 2.05) is 24.3 Å². The lowest BCUT2D eigenvalue weighted by atomic mass is 10.0. The van der Waals surface area contributed by atoms with Gasteiger partial charge in [0.1, 0.15) is 0 Å². The number of carbonyl (C=O) groups excluding carboxylic acids is 1. The minimum atomic E-state index is -0.375. The zero-order valence-corrected chi connectivity index (χ0v) is 19.8. The smallest absolute Gasteiger partial charge is 0.266 e. The number of likely N-dealkylation sites (N-methyl/N-ethyl adjacent to an activating group) is 1. The van der Waals surface area contributed by atoms with Crippen molar-refractivity contribution < 1.29 is 4.79 Å². The van der Waals surface area contributed by atoms with Gasteiger partial charge in [-0.1, -0.05) is 12.1 Å². The molecule has 0 radical (unpaired) electrons. The maximum absolute atomic E-state index is 13.3. The third-order valence-electron chi connectivity index (χ3n) is 6.20. The summed E-state index contributed by atoms with van der Waals surface area (Å²) >= 11 is 0. The van der Waals surface area contributed by atoms with Gasteiger partial charge in [0.05, 0.1) is 11.3 Å². The first-order valence-corrected chi connectivity index (χ1v) is 11.2. The quantitative estimate of drug-likeness (QED) is 0.572. The number of carbonyl (C=O) groups is 1. The number of pyridine rings is 1. The molecule has 1 saturated heterocycles. The summed E-state index contributed by atoms with van der Waals surface area (Å²) in [6, 6.07) is 16.1. The number of anilines is 2. The van der Waals surface area contributed by atoms with Gasteiger partial charge in [-0.05, 0) is 49.5 Å². The topological polar surface area (TPSA) is 98.7 Å². The highest BCUT2D eigenvalue weighted by molar-refractivity contribution is 6.13. The van der Waals surface area contributed by atoms with Gasteiger partial charge in [-0.3, -0.25) is 19.6 Å². The van der Waals surface area contributed by atoms with Crippen LogP contribution in [0.15, 0.2) is 65.6 Å². The van der Waals surface area contributed by atoms with E-state index in [1.54, 1.807) is 50.6 Å². The number of rotatable bonds is 5. The van der Waals surface area contributed by atoms with Crippen LogP contribution in [0.3, 0.4) is 0 Å². The molecule has 1 aliphatic heterocycles. The summed E-state index contributed by atoms with van der Waals surface area (Å²) in [5, 5.41) is 8.73. The van der Waals surface area contributed by atoms with E-state index in [0.717, 1.165) is 31.9 Å². The van der Waals surface area contributed by atoms with Gasteiger partial charge in [0, 0.05) is 74.7 Å². The van der Waals surface area contributed by atoms with Crippen molar-refractivity contribution in [2.45, 2.75) is 0 Å². The second-order valence-electron chi connectivity index (χ2n) is 8.78. The number of nitrogen functional groups attached to an aromatic ring is 1. The standard InChI is InChI=1S/C26H30N6O2/c1-29(2)25(33)19-6-10-21(11-7-19)32-13-12-22(27)23(26(32)34)24(28)18-4-8-20(9-5-18)31-16-14-30(3)15-17-31/h4-13,28H,14-17,27H2,1-3H3. The highest BCUT2D eigenvalue weighted by Gasteiger charge is 2.18. The largest absolute Gasteiger partial charge is 0.398 e. The van der Waals surface area contributed by atoms with Gasteiger partial charge in [-0.15, -0.1) is 0 Å². The Morgan fingerprint density at radius 2 is 1.44 bits per heavy atom. The fourth-order valence-electron chi connectivity index (χ4n) is 4.08. The van der Waals surface area contributed by atoms with Gasteiger partial charge in [0.15, 0.2) is 0 Å². The second kappa shape index (κ2) is 9.52. The number of aromatic nitrogens is 1. The van der Waals surface area contributed by atoms with Crippen molar-refractivity contribution in [1.29, 1.82) is 5.41 Å². The predicted octanol–water partition coefficient (Wildman–Crippen LogP) is 2.29. The van der Waals surface area contributed by atoms with Crippen molar-refractivity contribution in [1.82, 2.24) is 14.4 Å². The number of nitrogens with two attached hydrogens (primary N) is 1. The molecule has 0 bridgehead atoms. The Morgan fingerprint density at radius 3 is 2.03 bits per heavy atom. The average molecular weight is 459 g/mol. The van der Waals surface area contributed by atoms with E-state index in [9.17, 15) is 9.59 Å². The Morgan fingerprint density at radius 1 is 0.882 bits per heavy atom. The van der Waals surface area contributed by atoms with E-state index >= 15 is 0 Å². The first kappa shape index (κ1) is 23.3. The van der Waals surface area contributed by atoms with E-state index in [-0.39, 0.29) is 28.4 Å². The van der Waals surface area contributed by atoms with Crippen LogP contribution in [0, 0.1) is 5.41 Å². The van der Waals surface area contributed by atoms with Crippen LogP contribution in [-0.4, -0.2) is 73.3 Å². The molecule has 2 heterocycles. The first-order chi connectivity index (χ1) is 16.3. The Bertz CT molecular complexity index is 1250. The van der Waals surface area contributed by atoms with Crippen LogP contribution in [-0.2, 0) is 0 Å². The van der Waals surface area contributed by atoms with E-state index in [2.05, 4.69) is 16.8 Å². The minimum Gasteiger partial charge on any atom is -0.398 e. The van der Waals surface area contributed by atoms with Crippen LogP contribution in [0.2, 0.25) is 0 Å². The molecule has 1 amide bonds. The molecule has 3 N–H and O–H groups in total. The molecule has 0 aliphatic carbocycles. The lowest BCUT2D eigenvalue weighted by Gasteiger charge is -2.34. The van der Waals surface area contributed by atoms with Crippen LogP contribution < -0.4 is 16.2 Å². The van der Waals surface area contributed by atoms with Crippen molar-refractivity contribution in [2.24, 2.45) is 0 Å². The van der Waals surface area contributed by atoms with Gasteiger partial charge < -0.3 is 20.4 Å². The van der Waals surface area contributed by atoms with E-state index in [1.165, 1.54) is 9.47 Å². The number of benzene rings is 2. The molecule has 8 heteroatoms. The molecule has 4 rings (SSSR count). The maximum atomic E-state index is 13.3. The van der Waals surface area contributed by atoms with Crippen LogP contribution >= 0.6 is 0 Å². The number of nitrogens with zero attached hydrogens (tertiary/aromatic N) is 4. The number of amides is 1. The zero-order valence-electron chi connectivity index (χ0n) is 19.8. The lowest BCUT2D eigenvalue weighted by molar-refractivity contribution is 0.0827. The Hall–Kier alpha value is -3.91. The van der Waals surface area contributed by atoms with E-state index in [0.29, 0.717) is 16.8 Å². The number of piperazine rings is 1. The SMILES string of the molecule is CN1CCN(c2ccc(C(=N)c3c(N)ccn(-c4ccc(C(=O)N(C)C)cc4)c3=O)cc2)CC1. The highest BCUT2D eigenvalue weighted by Crippen LogP contribution is 2.20.